The molecule has 0 spiro atoms. The molecule has 0 amide bonds. The monoisotopic (exact) mass is 412 g/mol. The highest BCUT2D eigenvalue weighted by molar-refractivity contribution is 8.00. The molecule has 2 heterocycles. The fourth-order valence-electron chi connectivity index (χ4n) is 2.74. The molecule has 2 aromatic heterocycles. The molecule has 3 aromatic rings. The Labute approximate surface area is 174 Å². The Morgan fingerprint density at radius 1 is 1.17 bits per heavy atom. The molecule has 1 aromatic carbocycles. The number of carboxylic acids is 1. The summed E-state index contributed by atoms with van der Waals surface area (Å²) in [5.41, 5.74) is 2.90. The maximum Gasteiger partial charge on any atom is 0.313 e. The smallest absolute Gasteiger partial charge is 0.313 e. The first kappa shape index (κ1) is 20.8. The van der Waals surface area contributed by atoms with Gasteiger partial charge >= 0.3 is 5.97 Å². The van der Waals surface area contributed by atoms with Gasteiger partial charge in [0, 0.05) is 31.1 Å². The van der Waals surface area contributed by atoms with Crippen LogP contribution in [-0.2, 0) is 11.2 Å². The van der Waals surface area contributed by atoms with Gasteiger partial charge in [-0.15, -0.1) is 11.8 Å². The van der Waals surface area contributed by atoms with E-state index >= 15 is 0 Å². The maximum atomic E-state index is 10.5. The summed E-state index contributed by atoms with van der Waals surface area (Å²) in [6.45, 7) is 1.91. The number of thioether (sulfide) groups is 1. The van der Waals surface area contributed by atoms with E-state index in [1.807, 2.05) is 74.5 Å². The topological polar surface area (TPSA) is 79.7 Å². The quantitative estimate of drug-likeness (QED) is 0.509. The van der Waals surface area contributed by atoms with Crippen LogP contribution in [0.3, 0.4) is 0 Å². The highest BCUT2D eigenvalue weighted by Crippen LogP contribution is 2.25. The number of aromatic nitrogens is 1. The molecule has 0 unspecified atom stereocenters. The Balaban J connectivity index is 1.63. The molecule has 0 radical (unpaired) electrons. The summed E-state index contributed by atoms with van der Waals surface area (Å²) in [5, 5.41) is 8.63. The molecule has 3 rings (SSSR count). The first-order valence-corrected chi connectivity index (χ1v) is 10.4. The lowest BCUT2D eigenvalue weighted by Gasteiger charge is -2.11. The number of hydrogen-bond acceptors (Lipinski definition) is 6. The minimum absolute atomic E-state index is 0.0966. The summed E-state index contributed by atoms with van der Waals surface area (Å²) >= 11 is 1.34. The molecule has 0 aliphatic rings. The van der Waals surface area contributed by atoms with Crippen molar-refractivity contribution in [3.63, 3.8) is 0 Å². The molecule has 0 fully saturated rings. The number of aliphatic carboxylic acids is 1. The minimum atomic E-state index is -0.806. The van der Waals surface area contributed by atoms with E-state index in [4.69, 9.17) is 13.9 Å². The summed E-state index contributed by atoms with van der Waals surface area (Å²) < 4.78 is 11.7. The molecule has 1 N–H and O–H groups in total. The Morgan fingerprint density at radius 3 is 2.62 bits per heavy atom. The fourth-order valence-corrected chi connectivity index (χ4v) is 3.27. The number of nitrogens with zero attached hydrogens (tertiary/aromatic N) is 2. The standard InChI is InChI=1S/C22H24N2O4S/c1-15-20(23-22(27-15)16-6-8-17(9-7-16)24(2)3)13-19-11-10-18(28-19)5-4-12-29-14-21(25)26/h4-11H,12-14H2,1-3H3,(H,25,26). The average molecular weight is 413 g/mol. The molecule has 0 atom stereocenters. The van der Waals surface area contributed by atoms with Crippen molar-refractivity contribution < 1.29 is 18.7 Å². The molecule has 0 aliphatic heterocycles. The van der Waals surface area contributed by atoms with Gasteiger partial charge in [-0.3, -0.25) is 4.79 Å². The van der Waals surface area contributed by atoms with Gasteiger partial charge in [-0.2, -0.15) is 0 Å². The Bertz CT molecular complexity index is 987. The van der Waals surface area contributed by atoms with Crippen LogP contribution in [0.25, 0.3) is 17.5 Å². The van der Waals surface area contributed by atoms with Crippen LogP contribution in [0.2, 0.25) is 0 Å². The van der Waals surface area contributed by atoms with Crippen molar-refractivity contribution in [2.75, 3.05) is 30.5 Å². The number of carboxylic acid groups (broad SMARTS) is 1. The lowest BCUT2D eigenvalue weighted by molar-refractivity contribution is -0.133. The van der Waals surface area contributed by atoms with E-state index < -0.39 is 5.97 Å². The molecule has 6 nitrogen and oxygen atoms in total. The molecule has 0 aliphatic carbocycles. The van der Waals surface area contributed by atoms with E-state index in [1.165, 1.54) is 11.8 Å². The van der Waals surface area contributed by atoms with Gasteiger partial charge in [0.15, 0.2) is 0 Å². The van der Waals surface area contributed by atoms with Crippen LogP contribution >= 0.6 is 11.8 Å². The number of furan rings is 1. The van der Waals surface area contributed by atoms with Gasteiger partial charge in [0.1, 0.15) is 17.3 Å². The fraction of sp³-hybridized carbons (Fsp3) is 0.273. The van der Waals surface area contributed by atoms with Crippen molar-refractivity contribution in [3.8, 4) is 11.5 Å². The highest BCUT2D eigenvalue weighted by atomic mass is 32.2. The number of aryl methyl sites for hydroxylation is 1. The van der Waals surface area contributed by atoms with Gasteiger partial charge in [0.2, 0.25) is 5.89 Å². The Morgan fingerprint density at radius 2 is 1.93 bits per heavy atom. The van der Waals surface area contributed by atoms with Crippen molar-refractivity contribution in [1.29, 1.82) is 0 Å². The number of anilines is 1. The van der Waals surface area contributed by atoms with Crippen molar-refractivity contribution in [2.24, 2.45) is 0 Å². The number of rotatable bonds is 9. The van der Waals surface area contributed by atoms with Gasteiger partial charge < -0.3 is 18.8 Å². The van der Waals surface area contributed by atoms with E-state index in [0.29, 0.717) is 18.1 Å². The van der Waals surface area contributed by atoms with Gasteiger partial charge in [-0.1, -0.05) is 6.08 Å². The molecule has 0 bridgehead atoms. The number of oxazole rings is 1. The van der Waals surface area contributed by atoms with E-state index in [2.05, 4.69) is 4.98 Å². The lowest BCUT2D eigenvalue weighted by Crippen LogP contribution is -2.07. The van der Waals surface area contributed by atoms with Crippen LogP contribution < -0.4 is 4.90 Å². The third-order valence-corrected chi connectivity index (χ3v) is 5.15. The van der Waals surface area contributed by atoms with E-state index in [9.17, 15) is 4.79 Å². The SMILES string of the molecule is Cc1oc(-c2ccc(N(C)C)cc2)nc1Cc1ccc(C=CCSCC(=O)O)o1. The van der Waals surface area contributed by atoms with Crippen molar-refractivity contribution in [2.45, 2.75) is 13.3 Å². The zero-order chi connectivity index (χ0) is 20.8. The Kier molecular flexibility index (Phi) is 6.82. The van der Waals surface area contributed by atoms with Gasteiger partial charge in [-0.05, 0) is 49.4 Å². The second kappa shape index (κ2) is 9.52. The van der Waals surface area contributed by atoms with Crippen LogP contribution in [0.4, 0.5) is 5.69 Å². The largest absolute Gasteiger partial charge is 0.481 e. The molecule has 152 valence electrons. The molecular formula is C22H24N2O4S. The minimum Gasteiger partial charge on any atom is -0.481 e. The number of carbonyl (C=O) groups is 1. The third-order valence-electron chi connectivity index (χ3n) is 4.27. The zero-order valence-corrected chi connectivity index (χ0v) is 17.5. The first-order valence-electron chi connectivity index (χ1n) is 9.21. The summed E-state index contributed by atoms with van der Waals surface area (Å²) in [6.07, 6.45) is 4.30. The summed E-state index contributed by atoms with van der Waals surface area (Å²) in [7, 11) is 4.01. The summed E-state index contributed by atoms with van der Waals surface area (Å²) in [5.74, 6) is 2.82. The van der Waals surface area contributed by atoms with Crippen LogP contribution in [0, 0.1) is 6.92 Å². The van der Waals surface area contributed by atoms with Crippen LogP contribution in [-0.4, -0.2) is 41.7 Å². The molecule has 0 saturated heterocycles. The third kappa shape index (κ3) is 5.77. The predicted molar refractivity (Wildman–Crippen MR) is 117 cm³/mol. The number of benzene rings is 1. The van der Waals surface area contributed by atoms with Crippen LogP contribution in [0.5, 0.6) is 0 Å². The highest BCUT2D eigenvalue weighted by Gasteiger charge is 2.14. The predicted octanol–water partition coefficient (Wildman–Crippen LogP) is 4.73. The Hall–Kier alpha value is -2.93. The first-order chi connectivity index (χ1) is 13.9. The second-order valence-corrected chi connectivity index (χ2v) is 7.79. The lowest BCUT2D eigenvalue weighted by atomic mass is 10.2. The van der Waals surface area contributed by atoms with E-state index in [1.54, 1.807) is 0 Å². The van der Waals surface area contributed by atoms with Crippen molar-refractivity contribution in [1.82, 2.24) is 4.98 Å². The van der Waals surface area contributed by atoms with E-state index in [-0.39, 0.29) is 5.75 Å². The molecule has 7 heteroatoms. The molecule has 0 saturated carbocycles. The van der Waals surface area contributed by atoms with Crippen molar-refractivity contribution >= 4 is 29.5 Å². The van der Waals surface area contributed by atoms with Gasteiger partial charge in [0.05, 0.1) is 17.9 Å². The van der Waals surface area contributed by atoms with E-state index in [0.717, 1.165) is 34.2 Å². The molecule has 29 heavy (non-hydrogen) atoms. The number of hydrogen-bond donors (Lipinski definition) is 1. The average Bonchev–Trinajstić information content (AvgIpc) is 3.28. The normalized spacial score (nSPS) is 11.3. The second-order valence-electron chi connectivity index (χ2n) is 6.76. The summed E-state index contributed by atoms with van der Waals surface area (Å²) in [4.78, 5) is 17.2. The maximum absolute atomic E-state index is 10.5. The van der Waals surface area contributed by atoms with Crippen molar-refractivity contribution in [3.05, 3.63) is 65.4 Å². The molecular weight excluding hydrogens is 388 g/mol. The van der Waals surface area contributed by atoms with Crippen LogP contribution in [0.15, 0.2) is 51.3 Å². The summed E-state index contributed by atoms with van der Waals surface area (Å²) in [6, 6.07) is 11.9. The van der Waals surface area contributed by atoms with Gasteiger partial charge in [-0.25, -0.2) is 4.98 Å². The van der Waals surface area contributed by atoms with Gasteiger partial charge in [0.25, 0.3) is 0 Å². The van der Waals surface area contributed by atoms with Crippen LogP contribution in [0.1, 0.15) is 23.0 Å². The zero-order valence-electron chi connectivity index (χ0n) is 16.7.